The summed E-state index contributed by atoms with van der Waals surface area (Å²) in [5.41, 5.74) is 9.41. The molecule has 3 aliphatic rings. The number of rotatable bonds is 6. The molecule has 0 aliphatic heterocycles. The van der Waals surface area contributed by atoms with Crippen LogP contribution >= 0.6 is 0 Å². The van der Waals surface area contributed by atoms with Gasteiger partial charge in [-0.25, -0.2) is 0 Å². The zero-order chi connectivity index (χ0) is 17.7. The van der Waals surface area contributed by atoms with Crippen LogP contribution in [0.5, 0.6) is 0 Å². The highest BCUT2D eigenvalue weighted by molar-refractivity contribution is 5.43. The lowest BCUT2D eigenvalue weighted by Gasteiger charge is -2.53. The van der Waals surface area contributed by atoms with Gasteiger partial charge < -0.3 is 5.73 Å². The van der Waals surface area contributed by atoms with Gasteiger partial charge in [0.15, 0.2) is 0 Å². The Morgan fingerprint density at radius 2 is 1.80 bits per heavy atom. The summed E-state index contributed by atoms with van der Waals surface area (Å²) in [4.78, 5) is 0. The van der Waals surface area contributed by atoms with Crippen LogP contribution in [0.4, 0.5) is 5.69 Å². The fraction of sp³-hybridized carbons (Fsp3) is 0.750. The molecule has 0 aromatic heterocycles. The molecule has 2 N–H and O–H groups in total. The zero-order valence-electron chi connectivity index (χ0n) is 16.6. The lowest BCUT2D eigenvalue weighted by Crippen LogP contribution is -2.47. The minimum Gasteiger partial charge on any atom is -0.399 e. The van der Waals surface area contributed by atoms with Crippen molar-refractivity contribution in [3.8, 4) is 0 Å². The van der Waals surface area contributed by atoms with E-state index in [0.29, 0.717) is 10.8 Å². The second kappa shape index (κ2) is 6.32. The SMILES string of the molecule is CCC1CC(C(C)(c2ccc(N)cc2)C2(CC3CCCC3C)CC2)C1. The third-order valence-corrected chi connectivity index (χ3v) is 8.79. The zero-order valence-corrected chi connectivity index (χ0v) is 16.6. The Hall–Kier alpha value is -0.980. The molecule has 0 bridgehead atoms. The van der Waals surface area contributed by atoms with E-state index in [1.165, 1.54) is 57.8 Å². The smallest absolute Gasteiger partial charge is 0.0314 e. The third kappa shape index (κ3) is 2.82. The molecule has 138 valence electrons. The first kappa shape index (κ1) is 17.4. The van der Waals surface area contributed by atoms with Gasteiger partial charge in [-0.15, -0.1) is 0 Å². The van der Waals surface area contributed by atoms with E-state index in [2.05, 4.69) is 45.0 Å². The first-order chi connectivity index (χ1) is 12.0. The Balaban J connectivity index is 1.64. The highest BCUT2D eigenvalue weighted by Crippen LogP contribution is 2.69. The van der Waals surface area contributed by atoms with Crippen molar-refractivity contribution in [1.29, 1.82) is 0 Å². The van der Waals surface area contributed by atoms with E-state index in [9.17, 15) is 0 Å². The van der Waals surface area contributed by atoms with Gasteiger partial charge in [0.2, 0.25) is 0 Å². The molecule has 4 rings (SSSR count). The lowest BCUT2D eigenvalue weighted by atomic mass is 9.51. The molecule has 3 aliphatic carbocycles. The maximum absolute atomic E-state index is 6.01. The summed E-state index contributed by atoms with van der Waals surface area (Å²) in [6.45, 7) is 7.50. The van der Waals surface area contributed by atoms with Gasteiger partial charge in [-0.05, 0) is 78.9 Å². The van der Waals surface area contributed by atoms with Crippen LogP contribution in [0.1, 0.15) is 84.1 Å². The summed E-state index contributed by atoms with van der Waals surface area (Å²) in [6, 6.07) is 8.98. The van der Waals surface area contributed by atoms with E-state index in [4.69, 9.17) is 5.73 Å². The van der Waals surface area contributed by atoms with Gasteiger partial charge in [-0.1, -0.05) is 58.6 Å². The van der Waals surface area contributed by atoms with E-state index >= 15 is 0 Å². The van der Waals surface area contributed by atoms with Gasteiger partial charge in [0.05, 0.1) is 0 Å². The van der Waals surface area contributed by atoms with Gasteiger partial charge in [-0.2, -0.15) is 0 Å². The molecular formula is C24H37N. The summed E-state index contributed by atoms with van der Waals surface area (Å²) >= 11 is 0. The lowest BCUT2D eigenvalue weighted by molar-refractivity contribution is 0.0354. The molecule has 0 spiro atoms. The van der Waals surface area contributed by atoms with Crippen molar-refractivity contribution >= 4 is 5.69 Å². The average molecular weight is 340 g/mol. The average Bonchev–Trinajstić information content (AvgIpc) is 3.24. The molecular weight excluding hydrogens is 302 g/mol. The molecule has 3 saturated carbocycles. The molecule has 0 amide bonds. The third-order valence-electron chi connectivity index (χ3n) is 8.79. The quantitative estimate of drug-likeness (QED) is 0.583. The van der Waals surface area contributed by atoms with Gasteiger partial charge >= 0.3 is 0 Å². The monoisotopic (exact) mass is 339 g/mol. The summed E-state index contributed by atoms with van der Waals surface area (Å²) in [5, 5.41) is 0. The molecule has 3 atom stereocenters. The van der Waals surface area contributed by atoms with Crippen LogP contribution in [0.15, 0.2) is 24.3 Å². The molecule has 0 radical (unpaired) electrons. The van der Waals surface area contributed by atoms with Crippen molar-refractivity contribution in [3.05, 3.63) is 29.8 Å². The Morgan fingerprint density at radius 3 is 2.32 bits per heavy atom. The van der Waals surface area contributed by atoms with Crippen LogP contribution in [-0.4, -0.2) is 0 Å². The highest BCUT2D eigenvalue weighted by Gasteiger charge is 2.62. The first-order valence-electron chi connectivity index (χ1n) is 10.8. The second-order valence-electron chi connectivity index (χ2n) is 9.92. The van der Waals surface area contributed by atoms with Crippen molar-refractivity contribution in [1.82, 2.24) is 0 Å². The summed E-state index contributed by atoms with van der Waals surface area (Å²) < 4.78 is 0. The number of nitrogens with two attached hydrogens (primary N) is 1. The van der Waals surface area contributed by atoms with Crippen molar-refractivity contribution in [3.63, 3.8) is 0 Å². The molecule has 25 heavy (non-hydrogen) atoms. The highest BCUT2D eigenvalue weighted by atomic mass is 14.7. The fourth-order valence-corrected chi connectivity index (χ4v) is 6.46. The van der Waals surface area contributed by atoms with Crippen molar-refractivity contribution in [2.24, 2.45) is 29.1 Å². The topological polar surface area (TPSA) is 26.0 Å². The van der Waals surface area contributed by atoms with Crippen molar-refractivity contribution in [2.75, 3.05) is 5.73 Å². The summed E-state index contributed by atoms with van der Waals surface area (Å²) in [5.74, 6) is 3.76. The first-order valence-corrected chi connectivity index (χ1v) is 10.8. The summed E-state index contributed by atoms with van der Waals surface area (Å²) in [6.07, 6.45) is 13.0. The molecule has 1 aromatic carbocycles. The van der Waals surface area contributed by atoms with Gasteiger partial charge in [0, 0.05) is 11.1 Å². The molecule has 0 saturated heterocycles. The van der Waals surface area contributed by atoms with Crippen LogP contribution in [-0.2, 0) is 5.41 Å². The molecule has 1 aromatic rings. The Bertz CT molecular complexity index is 593. The Kier molecular flexibility index (Phi) is 4.41. The van der Waals surface area contributed by atoms with E-state index in [1.54, 1.807) is 5.56 Å². The number of nitrogen functional groups attached to an aromatic ring is 1. The molecule has 1 nitrogen and oxygen atoms in total. The summed E-state index contributed by atoms with van der Waals surface area (Å²) in [7, 11) is 0. The number of hydrogen-bond acceptors (Lipinski definition) is 1. The van der Waals surface area contributed by atoms with Crippen LogP contribution in [0.2, 0.25) is 0 Å². The van der Waals surface area contributed by atoms with Gasteiger partial charge in [0.1, 0.15) is 0 Å². The standard InChI is InChI=1S/C24H37N/c1-4-18-14-21(15-18)23(3,20-8-10-22(25)11-9-20)24(12-13-24)16-19-7-5-6-17(19)2/h8-11,17-19,21H,4-7,12-16,25H2,1-3H3. The second-order valence-corrected chi connectivity index (χ2v) is 9.92. The van der Waals surface area contributed by atoms with Crippen LogP contribution in [0, 0.1) is 29.1 Å². The molecule has 1 heteroatoms. The number of benzene rings is 1. The normalized spacial score (nSPS) is 35.8. The van der Waals surface area contributed by atoms with E-state index < -0.39 is 0 Å². The van der Waals surface area contributed by atoms with E-state index in [0.717, 1.165) is 29.4 Å². The van der Waals surface area contributed by atoms with Crippen LogP contribution in [0.25, 0.3) is 0 Å². The molecule has 0 heterocycles. The maximum atomic E-state index is 6.01. The Morgan fingerprint density at radius 1 is 1.12 bits per heavy atom. The van der Waals surface area contributed by atoms with Crippen LogP contribution < -0.4 is 5.73 Å². The maximum Gasteiger partial charge on any atom is 0.0314 e. The predicted octanol–water partition coefficient (Wildman–Crippen LogP) is 6.57. The predicted molar refractivity (Wildman–Crippen MR) is 108 cm³/mol. The van der Waals surface area contributed by atoms with E-state index in [1.807, 2.05) is 0 Å². The van der Waals surface area contributed by atoms with Crippen LogP contribution in [0.3, 0.4) is 0 Å². The van der Waals surface area contributed by atoms with Crippen molar-refractivity contribution in [2.45, 2.75) is 84.0 Å². The number of anilines is 1. The van der Waals surface area contributed by atoms with Gasteiger partial charge in [0.25, 0.3) is 0 Å². The number of hydrogen-bond donors (Lipinski definition) is 1. The molecule has 3 fully saturated rings. The Labute approximate surface area is 154 Å². The largest absolute Gasteiger partial charge is 0.399 e. The van der Waals surface area contributed by atoms with Gasteiger partial charge in [-0.3, -0.25) is 0 Å². The minimum absolute atomic E-state index is 0.356. The molecule has 3 unspecified atom stereocenters. The fourth-order valence-electron chi connectivity index (χ4n) is 6.46. The van der Waals surface area contributed by atoms with E-state index in [-0.39, 0.29) is 0 Å². The van der Waals surface area contributed by atoms with Crippen molar-refractivity contribution < 1.29 is 0 Å². The minimum atomic E-state index is 0.356.